The summed E-state index contributed by atoms with van der Waals surface area (Å²) in [6, 6.07) is 7.74. The largest absolute Gasteiger partial charge is 0.391 e. The number of aliphatic hydroxyl groups is 1. The summed E-state index contributed by atoms with van der Waals surface area (Å²) in [6.45, 7) is 6.81. The number of anilines is 1. The first kappa shape index (κ1) is 30.7. The summed E-state index contributed by atoms with van der Waals surface area (Å²) in [5.41, 5.74) is 0.681. The Balaban J connectivity index is 1.22. The molecule has 2 aromatic rings. The molecule has 6 nitrogen and oxygen atoms in total. The second-order valence-electron chi connectivity index (χ2n) is 13.7. The minimum Gasteiger partial charge on any atom is -0.390 e. The Morgan fingerprint density at radius 3 is 2.36 bits per heavy atom. The molecule has 0 atom stereocenters. The van der Waals surface area contributed by atoms with E-state index in [0.717, 1.165) is 31.2 Å². The standard InChI is InChI=1S/C32H41F4N3O3/c1-29(2,33)28-37-26(38-42-28)11-6-5-7-12-39(27(40)21-13-23(14-21)32(34,35)36)25-10-8-9-20(15-25)22-16-31(17-22)18-24(19-31)30(3,4)41/h8-10,15-16,21,23-24,41H,5-7,11-14,17-19H2,1-4H3. The van der Waals surface area contributed by atoms with Crippen molar-refractivity contribution < 1.29 is 32.0 Å². The molecule has 10 heteroatoms. The average Bonchev–Trinajstić information content (AvgIpc) is 3.26. The van der Waals surface area contributed by atoms with E-state index in [4.69, 9.17) is 4.52 Å². The molecule has 0 saturated heterocycles. The van der Waals surface area contributed by atoms with Crippen LogP contribution in [0, 0.1) is 23.2 Å². The van der Waals surface area contributed by atoms with Crippen molar-refractivity contribution in [1.82, 2.24) is 10.1 Å². The second kappa shape index (κ2) is 11.1. The fourth-order valence-electron chi connectivity index (χ4n) is 6.46. The third kappa shape index (κ3) is 6.58. The number of carbonyl (C=O) groups excluding carboxylic acids is 1. The lowest BCUT2D eigenvalue weighted by atomic mass is 9.50. The fourth-order valence-corrected chi connectivity index (χ4v) is 6.46. The van der Waals surface area contributed by atoms with Crippen LogP contribution in [0.3, 0.4) is 0 Å². The molecule has 1 heterocycles. The van der Waals surface area contributed by atoms with Gasteiger partial charge in [0.1, 0.15) is 0 Å². The van der Waals surface area contributed by atoms with E-state index < -0.39 is 29.3 Å². The number of halogens is 4. The highest BCUT2D eigenvalue weighted by Crippen LogP contribution is 2.61. The van der Waals surface area contributed by atoms with Crippen molar-refractivity contribution in [3.05, 3.63) is 47.6 Å². The number of amides is 1. The SMILES string of the molecule is CC(C)(F)c1nc(CCCCCN(C(=O)C2CC(C(F)(F)F)C2)c2cccc(C3=CC4(C3)CC(C(C)(C)O)C4)c2)no1. The van der Waals surface area contributed by atoms with Crippen LogP contribution in [0.4, 0.5) is 23.2 Å². The van der Waals surface area contributed by atoms with Gasteiger partial charge in [0.15, 0.2) is 11.5 Å². The van der Waals surface area contributed by atoms with Crippen LogP contribution in [0.25, 0.3) is 5.57 Å². The number of unbranched alkanes of at least 4 members (excludes halogenated alkanes) is 2. The maximum absolute atomic E-state index is 14.0. The van der Waals surface area contributed by atoms with Crippen molar-refractivity contribution in [2.24, 2.45) is 23.2 Å². The smallest absolute Gasteiger partial charge is 0.390 e. The predicted molar refractivity (Wildman–Crippen MR) is 151 cm³/mol. The summed E-state index contributed by atoms with van der Waals surface area (Å²) in [5, 5.41) is 14.1. The van der Waals surface area contributed by atoms with Crippen LogP contribution >= 0.6 is 0 Å². The Labute approximate surface area is 244 Å². The molecule has 1 aromatic heterocycles. The molecule has 1 amide bonds. The van der Waals surface area contributed by atoms with Crippen LogP contribution in [0.2, 0.25) is 0 Å². The van der Waals surface area contributed by atoms with Crippen molar-refractivity contribution in [3.63, 3.8) is 0 Å². The summed E-state index contributed by atoms with van der Waals surface area (Å²) in [5.74, 6) is -1.66. The monoisotopic (exact) mass is 591 g/mol. The van der Waals surface area contributed by atoms with Crippen LogP contribution in [0.1, 0.15) is 96.3 Å². The maximum atomic E-state index is 14.0. The Morgan fingerprint density at radius 1 is 1.07 bits per heavy atom. The quantitative estimate of drug-likeness (QED) is 0.216. The molecule has 1 spiro atoms. The van der Waals surface area contributed by atoms with E-state index in [9.17, 15) is 27.5 Å². The molecular formula is C32H41F4N3O3. The lowest BCUT2D eigenvalue weighted by molar-refractivity contribution is -0.204. The maximum Gasteiger partial charge on any atom is 0.391 e. The van der Waals surface area contributed by atoms with Gasteiger partial charge in [-0.15, -0.1) is 0 Å². The first-order chi connectivity index (χ1) is 19.5. The first-order valence-electron chi connectivity index (χ1n) is 15.0. The number of aryl methyl sites for hydroxylation is 1. The molecule has 3 aliphatic rings. The van der Waals surface area contributed by atoms with Gasteiger partial charge < -0.3 is 14.5 Å². The number of rotatable bonds is 11. The summed E-state index contributed by atoms with van der Waals surface area (Å²) >= 11 is 0. The molecule has 2 fully saturated rings. The minimum atomic E-state index is -4.27. The molecule has 0 bridgehead atoms. The Bertz CT molecular complexity index is 1310. The zero-order valence-corrected chi connectivity index (χ0v) is 24.8. The molecule has 42 heavy (non-hydrogen) atoms. The van der Waals surface area contributed by atoms with Crippen LogP contribution < -0.4 is 4.90 Å². The predicted octanol–water partition coefficient (Wildman–Crippen LogP) is 7.56. The highest BCUT2D eigenvalue weighted by molar-refractivity contribution is 5.96. The van der Waals surface area contributed by atoms with Gasteiger partial charge in [-0.2, -0.15) is 18.2 Å². The number of alkyl halides is 4. The van der Waals surface area contributed by atoms with E-state index in [2.05, 4.69) is 16.2 Å². The third-order valence-corrected chi connectivity index (χ3v) is 9.33. The molecule has 1 N–H and O–H groups in total. The van der Waals surface area contributed by atoms with Gasteiger partial charge in [-0.25, -0.2) is 4.39 Å². The summed E-state index contributed by atoms with van der Waals surface area (Å²) in [4.78, 5) is 19.2. The molecule has 230 valence electrons. The van der Waals surface area contributed by atoms with Gasteiger partial charge in [0, 0.05) is 24.6 Å². The highest BCUT2D eigenvalue weighted by Gasteiger charge is 2.52. The molecule has 2 saturated carbocycles. The zero-order chi connectivity index (χ0) is 30.5. The van der Waals surface area contributed by atoms with Gasteiger partial charge >= 0.3 is 6.18 Å². The minimum absolute atomic E-state index is 0.0614. The number of carbonyl (C=O) groups is 1. The Morgan fingerprint density at radius 2 is 1.76 bits per heavy atom. The van der Waals surface area contributed by atoms with Gasteiger partial charge in [0.25, 0.3) is 5.89 Å². The number of nitrogens with zero attached hydrogens (tertiary/aromatic N) is 3. The molecule has 1 aromatic carbocycles. The molecule has 3 aliphatic carbocycles. The van der Waals surface area contributed by atoms with Crippen molar-refractivity contribution in [2.45, 2.75) is 103 Å². The van der Waals surface area contributed by atoms with E-state index >= 15 is 0 Å². The van der Waals surface area contributed by atoms with E-state index in [0.29, 0.717) is 37.3 Å². The molecule has 0 aliphatic heterocycles. The van der Waals surface area contributed by atoms with Crippen molar-refractivity contribution in [1.29, 1.82) is 0 Å². The Kier molecular flexibility index (Phi) is 8.09. The zero-order valence-electron chi connectivity index (χ0n) is 24.8. The van der Waals surface area contributed by atoms with Gasteiger partial charge in [-0.05, 0) is 107 Å². The molecule has 0 radical (unpaired) electrons. The Hall–Kier alpha value is -2.75. The first-order valence-corrected chi connectivity index (χ1v) is 15.0. The highest BCUT2D eigenvalue weighted by atomic mass is 19.4. The van der Waals surface area contributed by atoms with Gasteiger partial charge in [-0.3, -0.25) is 4.79 Å². The second-order valence-corrected chi connectivity index (χ2v) is 13.7. The average molecular weight is 592 g/mol. The van der Waals surface area contributed by atoms with E-state index in [1.54, 1.807) is 4.90 Å². The van der Waals surface area contributed by atoms with Gasteiger partial charge in [0.2, 0.25) is 5.91 Å². The normalized spacial score (nSPS) is 25.8. The summed E-state index contributed by atoms with van der Waals surface area (Å²) in [7, 11) is 0. The summed E-state index contributed by atoms with van der Waals surface area (Å²) < 4.78 is 58.4. The lowest BCUT2D eigenvalue weighted by Crippen LogP contribution is -2.49. The van der Waals surface area contributed by atoms with Crippen LogP contribution in [-0.2, 0) is 16.9 Å². The van der Waals surface area contributed by atoms with E-state index in [-0.39, 0.29) is 36.0 Å². The number of allylic oxidation sites excluding steroid dienone is 2. The van der Waals surface area contributed by atoms with Crippen molar-refractivity contribution in [2.75, 3.05) is 11.4 Å². The third-order valence-electron chi connectivity index (χ3n) is 9.33. The lowest BCUT2D eigenvalue weighted by Gasteiger charge is -2.55. The summed E-state index contributed by atoms with van der Waals surface area (Å²) in [6.07, 6.45) is 3.11. The number of hydrogen-bond acceptors (Lipinski definition) is 5. The van der Waals surface area contributed by atoms with Gasteiger partial charge in [-0.1, -0.05) is 29.8 Å². The molecule has 0 unspecified atom stereocenters. The van der Waals surface area contributed by atoms with E-state index in [1.807, 2.05) is 38.1 Å². The topological polar surface area (TPSA) is 79.5 Å². The molecular weight excluding hydrogens is 550 g/mol. The van der Waals surface area contributed by atoms with Crippen molar-refractivity contribution >= 4 is 17.2 Å². The van der Waals surface area contributed by atoms with Crippen molar-refractivity contribution in [3.8, 4) is 0 Å². The number of benzene rings is 1. The number of aromatic nitrogens is 2. The van der Waals surface area contributed by atoms with Gasteiger partial charge in [0.05, 0.1) is 11.5 Å². The molecule has 5 rings (SSSR count). The van der Waals surface area contributed by atoms with Crippen LogP contribution in [-0.4, -0.2) is 39.5 Å². The van der Waals surface area contributed by atoms with E-state index in [1.165, 1.54) is 19.4 Å². The van der Waals surface area contributed by atoms with Crippen LogP contribution in [0.15, 0.2) is 34.9 Å². The fraction of sp³-hybridized carbons (Fsp3) is 0.656. The number of hydrogen-bond donors (Lipinski definition) is 1. The van der Waals surface area contributed by atoms with Crippen LogP contribution in [0.5, 0.6) is 0 Å².